The number of amides is 1. The molecule has 2 heterocycles. The second-order valence-electron chi connectivity index (χ2n) is 7.89. The number of carbonyl (C=O) groups excluding carboxylic acids is 1. The average molecular weight is 335 g/mol. The van der Waals surface area contributed by atoms with Crippen LogP contribution in [0.25, 0.3) is 0 Å². The van der Waals surface area contributed by atoms with Gasteiger partial charge in [-0.25, -0.2) is 0 Å². The van der Waals surface area contributed by atoms with Gasteiger partial charge in [0, 0.05) is 17.8 Å². The Hall–Kier alpha value is -1.36. The highest BCUT2D eigenvalue weighted by molar-refractivity contribution is 5.81. The van der Waals surface area contributed by atoms with Gasteiger partial charge in [-0.1, -0.05) is 19.8 Å². The fourth-order valence-corrected chi connectivity index (χ4v) is 3.73. The Morgan fingerprint density at radius 3 is 2.50 bits per heavy atom. The normalized spacial score (nSPS) is 17.7. The highest BCUT2D eigenvalue weighted by atomic mass is 16.2. The molecule has 136 valence electrons. The van der Waals surface area contributed by atoms with Gasteiger partial charge in [0.25, 0.3) is 0 Å². The van der Waals surface area contributed by atoms with Crippen molar-refractivity contribution in [2.45, 2.75) is 78.3 Å². The van der Waals surface area contributed by atoms with Crippen LogP contribution < -0.4 is 5.32 Å². The first-order valence-corrected chi connectivity index (χ1v) is 9.39. The van der Waals surface area contributed by atoms with Crippen molar-refractivity contribution in [1.82, 2.24) is 20.0 Å². The molecule has 0 aromatic carbocycles. The molecule has 1 amide bonds. The monoisotopic (exact) mass is 334 g/mol. The molecular weight excluding hydrogens is 300 g/mol. The number of piperidine rings is 1. The van der Waals surface area contributed by atoms with Crippen molar-refractivity contribution in [2.24, 2.45) is 0 Å². The first-order chi connectivity index (χ1) is 11.3. The van der Waals surface area contributed by atoms with E-state index in [-0.39, 0.29) is 17.5 Å². The zero-order valence-corrected chi connectivity index (χ0v) is 16.1. The van der Waals surface area contributed by atoms with Crippen molar-refractivity contribution < 1.29 is 4.79 Å². The van der Waals surface area contributed by atoms with Gasteiger partial charge in [0.2, 0.25) is 5.91 Å². The lowest BCUT2D eigenvalue weighted by Crippen LogP contribution is -2.54. The number of rotatable bonds is 7. The molecule has 0 bridgehead atoms. The maximum atomic E-state index is 13.0. The summed E-state index contributed by atoms with van der Waals surface area (Å²) in [6.45, 7) is 13.6. The van der Waals surface area contributed by atoms with Crippen molar-refractivity contribution >= 4 is 5.91 Å². The Balaban J connectivity index is 2.04. The van der Waals surface area contributed by atoms with E-state index >= 15 is 0 Å². The van der Waals surface area contributed by atoms with E-state index in [9.17, 15) is 4.79 Å². The Bertz CT molecular complexity index is 544. The van der Waals surface area contributed by atoms with Crippen LogP contribution in [0.5, 0.6) is 0 Å². The lowest BCUT2D eigenvalue weighted by atomic mass is 10.0. The molecule has 0 saturated carbocycles. The number of aromatic nitrogens is 2. The Kier molecular flexibility index (Phi) is 6.44. The second-order valence-corrected chi connectivity index (χ2v) is 7.89. The summed E-state index contributed by atoms with van der Waals surface area (Å²) in [6, 6.07) is 1.82. The van der Waals surface area contributed by atoms with Gasteiger partial charge in [0.15, 0.2) is 0 Å². The predicted octanol–water partition coefficient (Wildman–Crippen LogP) is 3.22. The van der Waals surface area contributed by atoms with Gasteiger partial charge in [-0.15, -0.1) is 0 Å². The summed E-state index contributed by atoms with van der Waals surface area (Å²) in [7, 11) is 0. The van der Waals surface area contributed by atoms with Crippen LogP contribution in [-0.2, 0) is 4.79 Å². The zero-order chi connectivity index (χ0) is 17.7. The molecule has 5 nitrogen and oxygen atoms in total. The molecule has 0 spiro atoms. The van der Waals surface area contributed by atoms with Gasteiger partial charge in [-0.05, 0) is 66.1 Å². The van der Waals surface area contributed by atoms with Gasteiger partial charge < -0.3 is 10.2 Å². The number of likely N-dealkylation sites (tertiary alicyclic amines) is 1. The fraction of sp³-hybridized carbons (Fsp3) is 0.789. The minimum Gasteiger partial charge on any atom is -0.348 e. The van der Waals surface area contributed by atoms with E-state index < -0.39 is 0 Å². The Morgan fingerprint density at radius 1 is 1.29 bits per heavy atom. The van der Waals surface area contributed by atoms with Gasteiger partial charge in [-0.3, -0.25) is 9.48 Å². The van der Waals surface area contributed by atoms with Crippen molar-refractivity contribution in [2.75, 3.05) is 19.6 Å². The molecule has 1 aromatic heterocycles. The maximum Gasteiger partial charge on any atom is 0.245 e. The van der Waals surface area contributed by atoms with Crippen LogP contribution in [0.4, 0.5) is 0 Å². The van der Waals surface area contributed by atoms with Crippen LogP contribution >= 0.6 is 0 Å². The first kappa shape index (κ1) is 19.0. The molecule has 0 aliphatic carbocycles. The molecular formula is C19H34N4O. The Labute approximate surface area is 146 Å². The number of nitrogens with zero attached hydrogens (tertiary/aromatic N) is 3. The largest absolute Gasteiger partial charge is 0.348 e. The molecule has 1 aliphatic heterocycles. The average Bonchev–Trinajstić information content (AvgIpc) is 2.83. The molecule has 0 unspecified atom stereocenters. The van der Waals surface area contributed by atoms with Gasteiger partial charge >= 0.3 is 0 Å². The first-order valence-electron chi connectivity index (χ1n) is 9.39. The lowest BCUT2D eigenvalue weighted by molar-refractivity contribution is -0.126. The SMILES string of the molecule is CCC[C@H](C(=O)NC(C)(C)CN1CCCCC1)n1nc(C)cc1C. The van der Waals surface area contributed by atoms with Gasteiger partial charge in [-0.2, -0.15) is 5.10 Å². The Morgan fingerprint density at radius 2 is 1.96 bits per heavy atom. The lowest BCUT2D eigenvalue weighted by Gasteiger charge is -2.36. The highest BCUT2D eigenvalue weighted by Gasteiger charge is 2.29. The smallest absolute Gasteiger partial charge is 0.245 e. The van der Waals surface area contributed by atoms with Gasteiger partial charge in [0.1, 0.15) is 6.04 Å². The summed E-state index contributed by atoms with van der Waals surface area (Å²) in [6.07, 6.45) is 5.65. The summed E-state index contributed by atoms with van der Waals surface area (Å²) in [5, 5.41) is 7.82. The minimum atomic E-state index is -0.226. The second kappa shape index (κ2) is 8.15. The molecule has 1 atom stereocenters. The van der Waals surface area contributed by atoms with Crippen LogP contribution in [0.3, 0.4) is 0 Å². The zero-order valence-electron chi connectivity index (χ0n) is 16.1. The molecule has 5 heteroatoms. The van der Waals surface area contributed by atoms with Crippen molar-refractivity contribution in [3.8, 4) is 0 Å². The molecule has 24 heavy (non-hydrogen) atoms. The van der Waals surface area contributed by atoms with Gasteiger partial charge in [0.05, 0.1) is 5.69 Å². The summed E-state index contributed by atoms with van der Waals surface area (Å²) in [5.74, 6) is 0.0880. The van der Waals surface area contributed by atoms with Crippen molar-refractivity contribution in [1.29, 1.82) is 0 Å². The molecule has 1 aliphatic rings. The summed E-state index contributed by atoms with van der Waals surface area (Å²) < 4.78 is 1.89. The summed E-state index contributed by atoms with van der Waals surface area (Å²) in [4.78, 5) is 15.4. The fourth-order valence-electron chi connectivity index (χ4n) is 3.73. The van der Waals surface area contributed by atoms with Crippen LogP contribution in [-0.4, -0.2) is 45.8 Å². The van der Waals surface area contributed by atoms with Crippen molar-refractivity contribution in [3.05, 3.63) is 17.5 Å². The third-order valence-corrected chi connectivity index (χ3v) is 4.73. The van der Waals surface area contributed by atoms with Crippen LogP contribution in [0.2, 0.25) is 0 Å². The molecule has 1 N–H and O–H groups in total. The minimum absolute atomic E-state index is 0.0880. The maximum absolute atomic E-state index is 13.0. The number of hydrogen-bond acceptors (Lipinski definition) is 3. The van der Waals surface area contributed by atoms with E-state index in [4.69, 9.17) is 0 Å². The molecule has 1 saturated heterocycles. The molecule has 2 rings (SSSR count). The molecule has 1 fully saturated rings. The number of carbonyl (C=O) groups is 1. The van der Waals surface area contributed by atoms with E-state index in [2.05, 4.69) is 36.1 Å². The van der Waals surface area contributed by atoms with Crippen molar-refractivity contribution in [3.63, 3.8) is 0 Å². The highest BCUT2D eigenvalue weighted by Crippen LogP contribution is 2.19. The molecule has 0 radical (unpaired) electrons. The summed E-state index contributed by atoms with van der Waals surface area (Å²) >= 11 is 0. The number of nitrogens with one attached hydrogen (secondary N) is 1. The number of hydrogen-bond donors (Lipinski definition) is 1. The third-order valence-electron chi connectivity index (χ3n) is 4.73. The number of aryl methyl sites for hydroxylation is 2. The molecule has 1 aromatic rings. The van der Waals surface area contributed by atoms with E-state index in [0.717, 1.165) is 43.9 Å². The standard InChI is InChI=1S/C19H34N4O/c1-6-10-17(23-16(3)13-15(2)21-23)18(24)20-19(4,5)14-22-11-8-7-9-12-22/h13,17H,6-12,14H2,1-5H3,(H,20,24)/t17-/m1/s1. The summed E-state index contributed by atoms with van der Waals surface area (Å²) in [5.41, 5.74) is 1.79. The van der Waals surface area contributed by atoms with E-state index in [0.29, 0.717) is 0 Å². The van der Waals surface area contributed by atoms with Crippen LogP contribution in [0, 0.1) is 13.8 Å². The van der Waals surface area contributed by atoms with E-state index in [1.54, 1.807) is 0 Å². The van der Waals surface area contributed by atoms with Crippen LogP contribution in [0.15, 0.2) is 6.07 Å². The van der Waals surface area contributed by atoms with E-state index in [1.165, 1.54) is 19.3 Å². The topological polar surface area (TPSA) is 50.2 Å². The quantitative estimate of drug-likeness (QED) is 0.833. The predicted molar refractivity (Wildman–Crippen MR) is 98.2 cm³/mol. The third kappa shape index (κ3) is 5.07. The van der Waals surface area contributed by atoms with Crippen LogP contribution in [0.1, 0.15) is 70.3 Å². The van der Waals surface area contributed by atoms with E-state index in [1.807, 2.05) is 24.6 Å².